The second kappa shape index (κ2) is 7.02. The number of halogens is 3. The van der Waals surface area contributed by atoms with E-state index in [2.05, 4.69) is 5.32 Å². The second-order valence-corrected chi connectivity index (χ2v) is 8.10. The molecule has 1 N–H and O–H groups in total. The van der Waals surface area contributed by atoms with E-state index in [4.69, 9.17) is 34.8 Å². The van der Waals surface area contributed by atoms with E-state index in [1.807, 2.05) is 7.05 Å². The number of piperidine rings is 1. The van der Waals surface area contributed by atoms with Crippen molar-refractivity contribution in [3.8, 4) is 0 Å². The van der Waals surface area contributed by atoms with Gasteiger partial charge in [-0.05, 0) is 32.0 Å². The van der Waals surface area contributed by atoms with Crippen LogP contribution in [0.2, 0.25) is 15.1 Å². The van der Waals surface area contributed by atoms with Crippen LogP contribution in [-0.2, 0) is 10.0 Å². The Morgan fingerprint density at radius 2 is 1.86 bits per heavy atom. The molecule has 1 aromatic carbocycles. The minimum absolute atomic E-state index is 0.0567. The summed E-state index contributed by atoms with van der Waals surface area (Å²) in [5, 5.41) is 3.46. The fraction of sp³-hybridized carbons (Fsp3) is 0.538. The van der Waals surface area contributed by atoms with Gasteiger partial charge in [0.2, 0.25) is 10.0 Å². The van der Waals surface area contributed by atoms with Crippen LogP contribution in [0.1, 0.15) is 19.3 Å². The van der Waals surface area contributed by atoms with Crippen LogP contribution in [0.3, 0.4) is 0 Å². The summed E-state index contributed by atoms with van der Waals surface area (Å²) in [6.07, 6.45) is 2.67. The highest BCUT2D eigenvalue weighted by Crippen LogP contribution is 2.36. The van der Waals surface area contributed by atoms with Crippen LogP contribution < -0.4 is 5.32 Å². The molecular weight excluding hydrogens is 355 g/mol. The number of nitrogens with one attached hydrogen (secondary N) is 1. The summed E-state index contributed by atoms with van der Waals surface area (Å²) in [6, 6.07) is 2.72. The highest BCUT2D eigenvalue weighted by Gasteiger charge is 2.35. The van der Waals surface area contributed by atoms with Gasteiger partial charge in [0.15, 0.2) is 0 Å². The smallest absolute Gasteiger partial charge is 0.246 e. The molecule has 0 aliphatic carbocycles. The van der Waals surface area contributed by atoms with E-state index in [1.165, 1.54) is 16.4 Å². The topological polar surface area (TPSA) is 49.4 Å². The molecule has 118 valence electrons. The molecule has 0 radical (unpaired) electrons. The van der Waals surface area contributed by atoms with Crippen molar-refractivity contribution in [1.82, 2.24) is 9.62 Å². The van der Waals surface area contributed by atoms with Crippen molar-refractivity contribution >= 4 is 44.8 Å². The lowest BCUT2D eigenvalue weighted by atomic mass is 10.1. The highest BCUT2D eigenvalue weighted by molar-refractivity contribution is 7.89. The molecule has 1 unspecified atom stereocenters. The van der Waals surface area contributed by atoms with Gasteiger partial charge in [-0.25, -0.2) is 8.42 Å². The predicted molar refractivity (Wildman–Crippen MR) is 86.9 cm³/mol. The Kier molecular flexibility index (Phi) is 5.79. The first-order chi connectivity index (χ1) is 9.87. The van der Waals surface area contributed by atoms with Crippen LogP contribution in [0.25, 0.3) is 0 Å². The van der Waals surface area contributed by atoms with Gasteiger partial charge in [0.1, 0.15) is 4.90 Å². The Bertz CT molecular complexity index is 597. The van der Waals surface area contributed by atoms with Gasteiger partial charge in [0.05, 0.1) is 10.0 Å². The van der Waals surface area contributed by atoms with Gasteiger partial charge in [0, 0.05) is 24.2 Å². The van der Waals surface area contributed by atoms with Crippen LogP contribution in [0.5, 0.6) is 0 Å². The Balaban J connectivity index is 2.45. The summed E-state index contributed by atoms with van der Waals surface area (Å²) in [6.45, 7) is 1.08. The maximum absolute atomic E-state index is 12.9. The van der Waals surface area contributed by atoms with E-state index in [1.54, 1.807) is 0 Å². The SMILES string of the molecule is CNCC1CCCCN1S(=O)(=O)c1c(Cl)cc(Cl)cc1Cl. The lowest BCUT2D eigenvalue weighted by Gasteiger charge is -2.35. The third kappa shape index (κ3) is 3.66. The monoisotopic (exact) mass is 370 g/mol. The van der Waals surface area contributed by atoms with Crippen LogP contribution in [-0.4, -0.2) is 38.9 Å². The lowest BCUT2D eigenvalue weighted by molar-refractivity contribution is 0.249. The fourth-order valence-electron chi connectivity index (χ4n) is 2.62. The Labute approximate surface area is 140 Å². The number of sulfonamides is 1. The zero-order valence-electron chi connectivity index (χ0n) is 11.6. The molecule has 0 amide bonds. The average molecular weight is 372 g/mol. The average Bonchev–Trinajstić information content (AvgIpc) is 2.37. The van der Waals surface area contributed by atoms with Gasteiger partial charge >= 0.3 is 0 Å². The molecule has 1 heterocycles. The van der Waals surface area contributed by atoms with E-state index in [0.717, 1.165) is 19.3 Å². The van der Waals surface area contributed by atoms with Crippen molar-refractivity contribution in [1.29, 1.82) is 0 Å². The summed E-state index contributed by atoms with van der Waals surface area (Å²) in [4.78, 5) is -0.0572. The zero-order chi connectivity index (χ0) is 15.6. The first-order valence-corrected chi connectivity index (χ1v) is 9.26. The van der Waals surface area contributed by atoms with Crippen LogP contribution >= 0.6 is 34.8 Å². The van der Waals surface area contributed by atoms with Crippen molar-refractivity contribution < 1.29 is 8.42 Å². The summed E-state index contributed by atoms with van der Waals surface area (Å²) < 4.78 is 27.3. The van der Waals surface area contributed by atoms with Gasteiger partial charge in [-0.3, -0.25) is 0 Å². The molecule has 0 aromatic heterocycles. The van der Waals surface area contributed by atoms with Crippen molar-refractivity contribution in [2.24, 2.45) is 0 Å². The normalized spacial score (nSPS) is 20.7. The third-order valence-corrected chi connectivity index (χ3v) is 6.64. The van der Waals surface area contributed by atoms with E-state index >= 15 is 0 Å². The number of hydrogen-bond acceptors (Lipinski definition) is 3. The molecule has 21 heavy (non-hydrogen) atoms. The fourth-order valence-corrected chi connectivity index (χ4v) is 5.81. The number of rotatable bonds is 4. The molecule has 1 saturated heterocycles. The molecule has 1 aromatic rings. The number of likely N-dealkylation sites (N-methyl/N-ethyl adjacent to an activating group) is 1. The van der Waals surface area contributed by atoms with E-state index in [9.17, 15) is 8.42 Å². The maximum atomic E-state index is 12.9. The van der Waals surface area contributed by atoms with Crippen LogP contribution in [0.15, 0.2) is 17.0 Å². The zero-order valence-corrected chi connectivity index (χ0v) is 14.7. The molecule has 8 heteroatoms. The molecule has 1 aliphatic heterocycles. The summed E-state index contributed by atoms with van der Waals surface area (Å²) in [7, 11) is -1.93. The van der Waals surface area contributed by atoms with E-state index in [0.29, 0.717) is 18.1 Å². The highest BCUT2D eigenvalue weighted by atomic mass is 35.5. The number of benzene rings is 1. The number of hydrogen-bond donors (Lipinski definition) is 1. The predicted octanol–water partition coefficient (Wildman–Crippen LogP) is 3.41. The first kappa shape index (κ1) is 17.3. The van der Waals surface area contributed by atoms with Crippen molar-refractivity contribution in [2.45, 2.75) is 30.2 Å². The molecule has 0 bridgehead atoms. The standard InChI is InChI=1S/C13H17Cl3N2O2S/c1-17-8-10-4-2-3-5-18(10)21(19,20)13-11(15)6-9(14)7-12(13)16/h6-7,10,17H,2-5,8H2,1H3. The molecule has 2 rings (SSSR count). The van der Waals surface area contributed by atoms with Gasteiger partial charge in [-0.2, -0.15) is 4.31 Å². The largest absolute Gasteiger partial charge is 0.318 e. The molecule has 1 fully saturated rings. The maximum Gasteiger partial charge on any atom is 0.246 e. The molecule has 1 aliphatic rings. The summed E-state index contributed by atoms with van der Waals surface area (Å²) in [5.74, 6) is 0. The van der Waals surface area contributed by atoms with E-state index < -0.39 is 10.0 Å². The van der Waals surface area contributed by atoms with Gasteiger partial charge in [-0.1, -0.05) is 41.2 Å². The third-order valence-electron chi connectivity index (χ3n) is 3.54. The van der Waals surface area contributed by atoms with Gasteiger partial charge in [-0.15, -0.1) is 0 Å². The lowest BCUT2D eigenvalue weighted by Crippen LogP contribution is -2.48. The molecular formula is C13H17Cl3N2O2S. The number of nitrogens with zero attached hydrogens (tertiary/aromatic N) is 1. The minimum Gasteiger partial charge on any atom is -0.318 e. The molecule has 4 nitrogen and oxygen atoms in total. The Hall–Kier alpha value is -0.0400. The Morgan fingerprint density at radius 3 is 2.43 bits per heavy atom. The Morgan fingerprint density at radius 1 is 1.24 bits per heavy atom. The van der Waals surface area contributed by atoms with Crippen LogP contribution in [0.4, 0.5) is 0 Å². The van der Waals surface area contributed by atoms with Crippen molar-refractivity contribution in [2.75, 3.05) is 20.1 Å². The van der Waals surface area contributed by atoms with Crippen molar-refractivity contribution in [3.63, 3.8) is 0 Å². The first-order valence-electron chi connectivity index (χ1n) is 6.69. The molecule has 0 spiro atoms. The summed E-state index contributed by atoms with van der Waals surface area (Å²) in [5.41, 5.74) is 0. The second-order valence-electron chi connectivity index (χ2n) is 5.02. The quantitative estimate of drug-likeness (QED) is 0.882. The summed E-state index contributed by atoms with van der Waals surface area (Å²) >= 11 is 18.0. The molecule has 1 atom stereocenters. The molecule has 0 saturated carbocycles. The van der Waals surface area contributed by atoms with Crippen LogP contribution in [0, 0.1) is 0 Å². The van der Waals surface area contributed by atoms with Crippen molar-refractivity contribution in [3.05, 3.63) is 27.2 Å². The minimum atomic E-state index is -3.74. The van der Waals surface area contributed by atoms with Gasteiger partial charge in [0.25, 0.3) is 0 Å². The van der Waals surface area contributed by atoms with E-state index in [-0.39, 0.29) is 21.0 Å². The van der Waals surface area contributed by atoms with Gasteiger partial charge < -0.3 is 5.32 Å².